The first-order valence-electron chi connectivity index (χ1n) is 7.13. The first-order chi connectivity index (χ1) is 9.54. The zero-order valence-electron chi connectivity index (χ0n) is 11.9. The normalized spacial score (nSPS) is 27.8. The second-order valence-corrected chi connectivity index (χ2v) is 6.77. The molecule has 2 atom stereocenters. The highest BCUT2D eigenvalue weighted by Crippen LogP contribution is 2.32. The molecular weight excluding hydrogens is 334 g/mol. The van der Waals surface area contributed by atoms with E-state index in [1.165, 1.54) is 31.7 Å². The van der Waals surface area contributed by atoms with Gasteiger partial charge in [0.05, 0.1) is 10.0 Å². The van der Waals surface area contributed by atoms with E-state index in [1.54, 1.807) is 6.07 Å². The van der Waals surface area contributed by atoms with Gasteiger partial charge in [-0.25, -0.2) is 4.39 Å². The summed E-state index contributed by atoms with van der Waals surface area (Å²) in [4.78, 5) is 2.32. The molecule has 2 nitrogen and oxygen atoms in total. The van der Waals surface area contributed by atoms with E-state index in [-0.39, 0.29) is 17.4 Å². The zero-order chi connectivity index (χ0) is 14.3. The van der Waals surface area contributed by atoms with Crippen LogP contribution in [0.5, 0.6) is 0 Å². The molecule has 2 saturated heterocycles. The van der Waals surface area contributed by atoms with Crippen LogP contribution >= 0.6 is 35.6 Å². The Morgan fingerprint density at radius 1 is 1.19 bits per heavy atom. The number of piperidine rings is 1. The van der Waals surface area contributed by atoms with Crippen molar-refractivity contribution >= 4 is 35.6 Å². The Balaban J connectivity index is 0.00000161. The maximum absolute atomic E-state index is 13.3. The summed E-state index contributed by atoms with van der Waals surface area (Å²) in [5.41, 5.74) is 0.895. The molecule has 1 aromatic carbocycles. The summed E-state index contributed by atoms with van der Waals surface area (Å²) in [7, 11) is 2.11. The second-order valence-electron chi connectivity index (χ2n) is 6.01. The van der Waals surface area contributed by atoms with E-state index in [0.717, 1.165) is 5.56 Å². The summed E-state index contributed by atoms with van der Waals surface area (Å²) >= 11 is 12.0. The van der Waals surface area contributed by atoms with Gasteiger partial charge in [-0.1, -0.05) is 29.3 Å². The van der Waals surface area contributed by atoms with Crippen molar-refractivity contribution in [2.75, 3.05) is 7.05 Å². The molecule has 0 saturated carbocycles. The molecule has 1 aromatic rings. The van der Waals surface area contributed by atoms with Crippen LogP contribution in [-0.2, 0) is 6.54 Å². The number of rotatable bonds is 3. The van der Waals surface area contributed by atoms with Crippen LogP contribution in [0.3, 0.4) is 0 Å². The fourth-order valence-corrected chi connectivity index (χ4v) is 3.87. The maximum atomic E-state index is 13.3. The Labute approximate surface area is 141 Å². The molecule has 2 aliphatic heterocycles. The average Bonchev–Trinajstić information content (AvgIpc) is 2.78. The Morgan fingerprint density at radius 3 is 2.43 bits per heavy atom. The van der Waals surface area contributed by atoms with E-state index in [2.05, 4.69) is 17.3 Å². The highest BCUT2D eigenvalue weighted by Gasteiger charge is 2.35. The maximum Gasteiger partial charge on any atom is 0.143 e. The lowest BCUT2D eigenvalue weighted by atomic mass is 9.98. The van der Waals surface area contributed by atoms with Crippen molar-refractivity contribution in [3.8, 4) is 0 Å². The smallest absolute Gasteiger partial charge is 0.143 e. The lowest BCUT2D eigenvalue weighted by Gasteiger charge is -2.35. The van der Waals surface area contributed by atoms with E-state index in [9.17, 15) is 4.39 Å². The average molecular weight is 354 g/mol. The summed E-state index contributed by atoms with van der Waals surface area (Å²) in [6.45, 7) is 0.711. The molecule has 2 aliphatic rings. The van der Waals surface area contributed by atoms with Crippen LogP contribution in [0.15, 0.2) is 12.1 Å². The van der Waals surface area contributed by atoms with Crippen molar-refractivity contribution in [2.45, 2.75) is 50.4 Å². The van der Waals surface area contributed by atoms with Gasteiger partial charge in [-0.05, 0) is 44.4 Å². The number of halogens is 4. The van der Waals surface area contributed by atoms with E-state index in [0.29, 0.717) is 29.7 Å². The summed E-state index contributed by atoms with van der Waals surface area (Å²) in [6.07, 6.45) is 4.94. The summed E-state index contributed by atoms with van der Waals surface area (Å²) in [5, 5.41) is 4.02. The van der Waals surface area contributed by atoms with Crippen molar-refractivity contribution < 1.29 is 4.39 Å². The standard InChI is InChI=1S/C15H19Cl2FN2.ClH/c1-20(12-6-10-3-4-11(7-12)19-10)8-9-2-5-13(18)15(17)14(9)16;/h2,5,10-12,19H,3-4,6-8H2,1H3;1H. The third-order valence-corrected chi connectivity index (χ3v) is 5.50. The Hall–Kier alpha value is -0.0600. The highest BCUT2D eigenvalue weighted by molar-refractivity contribution is 6.42. The second kappa shape index (κ2) is 7.01. The SMILES string of the molecule is CN(Cc1ccc(F)c(Cl)c1Cl)C1CC2CCC(C1)N2.Cl. The van der Waals surface area contributed by atoms with Crippen molar-refractivity contribution in [1.29, 1.82) is 0 Å². The van der Waals surface area contributed by atoms with Gasteiger partial charge in [0.2, 0.25) is 0 Å². The Bertz CT molecular complexity index is 500. The van der Waals surface area contributed by atoms with Crippen LogP contribution in [0.1, 0.15) is 31.2 Å². The zero-order valence-corrected chi connectivity index (χ0v) is 14.2. The molecule has 21 heavy (non-hydrogen) atoms. The number of fused-ring (bicyclic) bond motifs is 2. The van der Waals surface area contributed by atoms with E-state index < -0.39 is 5.82 Å². The summed E-state index contributed by atoms with van der Waals surface area (Å²) in [5.74, 6) is -0.456. The first-order valence-corrected chi connectivity index (χ1v) is 7.89. The van der Waals surface area contributed by atoms with E-state index in [1.807, 2.05) is 0 Å². The van der Waals surface area contributed by atoms with Gasteiger partial charge < -0.3 is 5.32 Å². The van der Waals surface area contributed by atoms with Gasteiger partial charge >= 0.3 is 0 Å². The Morgan fingerprint density at radius 2 is 1.81 bits per heavy atom. The third kappa shape index (κ3) is 3.65. The largest absolute Gasteiger partial charge is 0.311 e. The molecule has 2 unspecified atom stereocenters. The molecule has 0 radical (unpaired) electrons. The molecule has 2 heterocycles. The molecule has 0 aliphatic carbocycles. The van der Waals surface area contributed by atoms with Crippen molar-refractivity contribution in [3.63, 3.8) is 0 Å². The topological polar surface area (TPSA) is 15.3 Å². The fourth-order valence-electron chi connectivity index (χ4n) is 3.47. The van der Waals surface area contributed by atoms with Gasteiger partial charge in [0.25, 0.3) is 0 Å². The van der Waals surface area contributed by atoms with Crippen molar-refractivity contribution in [3.05, 3.63) is 33.6 Å². The van der Waals surface area contributed by atoms with Gasteiger partial charge in [0.1, 0.15) is 5.82 Å². The van der Waals surface area contributed by atoms with Crippen molar-refractivity contribution in [1.82, 2.24) is 10.2 Å². The Kier molecular flexibility index (Phi) is 5.77. The minimum Gasteiger partial charge on any atom is -0.311 e. The third-order valence-electron chi connectivity index (χ3n) is 4.61. The van der Waals surface area contributed by atoms with Crippen LogP contribution < -0.4 is 5.32 Å². The molecule has 118 valence electrons. The molecule has 0 amide bonds. The molecule has 2 bridgehead atoms. The van der Waals surface area contributed by atoms with Crippen LogP contribution in [0.2, 0.25) is 10.0 Å². The monoisotopic (exact) mass is 352 g/mol. The van der Waals surface area contributed by atoms with Crippen LogP contribution in [0, 0.1) is 5.82 Å². The molecular formula is C15H20Cl3FN2. The van der Waals surface area contributed by atoms with Crippen molar-refractivity contribution in [2.24, 2.45) is 0 Å². The molecule has 0 aromatic heterocycles. The predicted molar refractivity (Wildman–Crippen MR) is 88.1 cm³/mol. The van der Waals surface area contributed by atoms with Crippen LogP contribution in [0.4, 0.5) is 4.39 Å². The summed E-state index contributed by atoms with van der Waals surface area (Å²) < 4.78 is 13.3. The molecule has 2 fully saturated rings. The van der Waals surface area contributed by atoms with Gasteiger partial charge in [-0.3, -0.25) is 4.90 Å². The van der Waals surface area contributed by atoms with E-state index in [4.69, 9.17) is 23.2 Å². The number of nitrogens with zero attached hydrogens (tertiary/aromatic N) is 1. The molecule has 3 rings (SSSR count). The minimum absolute atomic E-state index is 0. The summed E-state index contributed by atoms with van der Waals surface area (Å²) in [6, 6.07) is 5.01. The molecule has 6 heteroatoms. The predicted octanol–water partition coefficient (Wildman–Crippen LogP) is 4.27. The first kappa shape index (κ1) is 17.3. The number of hydrogen-bond acceptors (Lipinski definition) is 2. The number of benzene rings is 1. The lowest BCUT2D eigenvalue weighted by molar-refractivity contribution is 0.166. The lowest BCUT2D eigenvalue weighted by Crippen LogP contribution is -2.46. The van der Waals surface area contributed by atoms with Gasteiger partial charge in [-0.15, -0.1) is 12.4 Å². The van der Waals surface area contributed by atoms with Crippen LogP contribution in [-0.4, -0.2) is 30.1 Å². The van der Waals surface area contributed by atoms with Gasteiger partial charge in [-0.2, -0.15) is 0 Å². The molecule has 0 spiro atoms. The number of nitrogens with one attached hydrogen (secondary N) is 1. The fraction of sp³-hybridized carbons (Fsp3) is 0.600. The number of hydrogen-bond donors (Lipinski definition) is 1. The quantitative estimate of drug-likeness (QED) is 0.816. The highest BCUT2D eigenvalue weighted by atomic mass is 35.5. The van der Waals surface area contributed by atoms with Gasteiger partial charge in [0.15, 0.2) is 0 Å². The van der Waals surface area contributed by atoms with E-state index >= 15 is 0 Å². The van der Waals surface area contributed by atoms with Gasteiger partial charge in [0, 0.05) is 24.7 Å². The van der Waals surface area contributed by atoms with Crippen LogP contribution in [0.25, 0.3) is 0 Å². The molecule has 1 N–H and O–H groups in total. The minimum atomic E-state index is -0.456.